The highest BCUT2D eigenvalue weighted by Crippen LogP contribution is 2.29. The van der Waals surface area contributed by atoms with Gasteiger partial charge in [0, 0.05) is 6.07 Å². The first-order valence-corrected chi connectivity index (χ1v) is 11.8. The molecule has 8 nitrogen and oxygen atoms in total. The van der Waals surface area contributed by atoms with Crippen LogP contribution >= 0.6 is 0 Å². The molecule has 0 atom stereocenters. The van der Waals surface area contributed by atoms with Crippen LogP contribution in [0.15, 0.2) is 71.6 Å². The van der Waals surface area contributed by atoms with E-state index in [0.29, 0.717) is 12.1 Å². The molecule has 33 heavy (non-hydrogen) atoms. The minimum absolute atomic E-state index is 0.0679. The topological polar surface area (TPSA) is 110 Å². The van der Waals surface area contributed by atoms with Gasteiger partial charge in [-0.2, -0.15) is 0 Å². The van der Waals surface area contributed by atoms with Crippen molar-refractivity contribution in [3.05, 3.63) is 93.5 Å². The Morgan fingerprint density at radius 3 is 2.30 bits per heavy atom. The zero-order valence-corrected chi connectivity index (χ0v) is 19.4. The minimum atomic E-state index is -4.06. The average molecular weight is 468 g/mol. The minimum Gasteiger partial charge on any atom is -0.324 e. The number of anilines is 2. The second kappa shape index (κ2) is 9.83. The van der Waals surface area contributed by atoms with Crippen LogP contribution in [0, 0.1) is 24.0 Å². The normalized spacial score (nSPS) is 11.1. The SMILES string of the molecule is CCc1ccccc1N(CC(=O)Nc1cccc([N+](=O)[O-])c1C)S(=O)(=O)c1ccc(C)cc1. The van der Waals surface area contributed by atoms with Crippen LogP contribution in [0.4, 0.5) is 17.1 Å². The lowest BCUT2D eigenvalue weighted by Crippen LogP contribution is -2.38. The van der Waals surface area contributed by atoms with Gasteiger partial charge in [0.05, 0.1) is 26.8 Å². The maximum absolute atomic E-state index is 13.6. The Morgan fingerprint density at radius 1 is 1.00 bits per heavy atom. The van der Waals surface area contributed by atoms with E-state index in [1.165, 1.54) is 31.2 Å². The van der Waals surface area contributed by atoms with E-state index in [0.717, 1.165) is 15.4 Å². The number of benzene rings is 3. The summed E-state index contributed by atoms with van der Waals surface area (Å²) in [4.78, 5) is 23.7. The molecule has 0 aliphatic rings. The monoisotopic (exact) mass is 467 g/mol. The van der Waals surface area contributed by atoms with E-state index in [4.69, 9.17) is 0 Å². The molecule has 0 aliphatic carbocycles. The number of para-hydroxylation sites is 1. The highest BCUT2D eigenvalue weighted by molar-refractivity contribution is 7.92. The van der Waals surface area contributed by atoms with Crippen molar-refractivity contribution in [1.29, 1.82) is 0 Å². The molecule has 1 amide bonds. The molecule has 0 radical (unpaired) electrons. The standard InChI is InChI=1S/C24H25N3O5S/c1-4-19-8-5-6-10-23(19)26(33(31,32)20-14-12-17(2)13-15-20)16-24(28)25-21-9-7-11-22(18(21)3)27(29)30/h5-15H,4,16H2,1-3H3,(H,25,28). The Balaban J connectivity index is 2.00. The van der Waals surface area contributed by atoms with Crippen LogP contribution in [0.1, 0.15) is 23.6 Å². The van der Waals surface area contributed by atoms with Crippen LogP contribution in [0.3, 0.4) is 0 Å². The molecule has 0 saturated carbocycles. The number of rotatable bonds is 8. The molecule has 0 unspecified atom stereocenters. The fourth-order valence-corrected chi connectivity index (χ4v) is 4.93. The third kappa shape index (κ3) is 5.20. The van der Waals surface area contributed by atoms with E-state index in [9.17, 15) is 23.3 Å². The van der Waals surface area contributed by atoms with Gasteiger partial charge in [-0.25, -0.2) is 8.42 Å². The molecule has 1 N–H and O–H groups in total. The van der Waals surface area contributed by atoms with Crippen molar-refractivity contribution in [2.24, 2.45) is 0 Å². The molecule has 9 heteroatoms. The smallest absolute Gasteiger partial charge is 0.274 e. The molecule has 0 heterocycles. The van der Waals surface area contributed by atoms with Gasteiger partial charge >= 0.3 is 0 Å². The van der Waals surface area contributed by atoms with Crippen LogP contribution in [-0.2, 0) is 21.2 Å². The van der Waals surface area contributed by atoms with Crippen molar-refractivity contribution in [1.82, 2.24) is 0 Å². The van der Waals surface area contributed by atoms with Gasteiger partial charge in [0.2, 0.25) is 5.91 Å². The van der Waals surface area contributed by atoms with Gasteiger partial charge in [0.25, 0.3) is 15.7 Å². The molecular formula is C24H25N3O5S. The number of hydrogen-bond donors (Lipinski definition) is 1. The van der Waals surface area contributed by atoms with Crippen molar-refractivity contribution in [2.75, 3.05) is 16.2 Å². The molecule has 3 aromatic rings. The first-order valence-electron chi connectivity index (χ1n) is 10.4. The Kier molecular flexibility index (Phi) is 7.13. The number of sulfonamides is 1. The van der Waals surface area contributed by atoms with Gasteiger partial charge in [-0.05, 0) is 50.1 Å². The lowest BCUT2D eigenvalue weighted by molar-refractivity contribution is -0.385. The van der Waals surface area contributed by atoms with Crippen molar-refractivity contribution in [2.45, 2.75) is 32.1 Å². The largest absolute Gasteiger partial charge is 0.324 e. The molecule has 0 aliphatic heterocycles. The van der Waals surface area contributed by atoms with E-state index in [1.807, 2.05) is 26.0 Å². The van der Waals surface area contributed by atoms with E-state index >= 15 is 0 Å². The lowest BCUT2D eigenvalue weighted by Gasteiger charge is -2.26. The summed E-state index contributed by atoms with van der Waals surface area (Å²) < 4.78 is 28.2. The van der Waals surface area contributed by atoms with Gasteiger partial charge in [-0.1, -0.05) is 48.9 Å². The first-order chi connectivity index (χ1) is 15.6. The van der Waals surface area contributed by atoms with Gasteiger partial charge in [0.1, 0.15) is 6.54 Å². The molecular weight excluding hydrogens is 442 g/mol. The predicted octanol–water partition coefficient (Wildman–Crippen LogP) is 4.61. The fraction of sp³-hybridized carbons (Fsp3) is 0.208. The maximum atomic E-state index is 13.6. The number of aryl methyl sites for hydroxylation is 2. The van der Waals surface area contributed by atoms with Gasteiger partial charge < -0.3 is 5.32 Å². The van der Waals surface area contributed by atoms with Crippen LogP contribution in [0.5, 0.6) is 0 Å². The van der Waals surface area contributed by atoms with Crippen molar-refractivity contribution >= 4 is 33.0 Å². The fourth-order valence-electron chi connectivity index (χ4n) is 3.47. The molecule has 3 aromatic carbocycles. The van der Waals surface area contributed by atoms with Crippen molar-refractivity contribution in [3.8, 4) is 0 Å². The number of carbonyl (C=O) groups is 1. The number of amides is 1. The lowest BCUT2D eigenvalue weighted by atomic mass is 10.1. The van der Waals surface area contributed by atoms with Gasteiger partial charge in [-0.15, -0.1) is 0 Å². The summed E-state index contributed by atoms with van der Waals surface area (Å²) >= 11 is 0. The summed E-state index contributed by atoms with van der Waals surface area (Å²) in [5.74, 6) is -0.611. The van der Waals surface area contributed by atoms with E-state index in [2.05, 4.69) is 5.32 Å². The molecule has 0 aromatic heterocycles. The Hall–Kier alpha value is -3.72. The molecule has 0 spiro atoms. The van der Waals surface area contributed by atoms with Gasteiger partial charge in [-0.3, -0.25) is 19.2 Å². The highest BCUT2D eigenvalue weighted by atomic mass is 32.2. The summed E-state index contributed by atoms with van der Waals surface area (Å²) in [5.41, 5.74) is 2.50. The highest BCUT2D eigenvalue weighted by Gasteiger charge is 2.29. The zero-order valence-electron chi connectivity index (χ0n) is 18.6. The predicted molar refractivity (Wildman–Crippen MR) is 128 cm³/mol. The van der Waals surface area contributed by atoms with Crippen molar-refractivity contribution in [3.63, 3.8) is 0 Å². The Labute approximate surface area is 193 Å². The Bertz CT molecular complexity index is 1290. The maximum Gasteiger partial charge on any atom is 0.274 e. The number of nitrogens with one attached hydrogen (secondary N) is 1. The number of nitro groups is 1. The Morgan fingerprint density at radius 2 is 1.67 bits per heavy atom. The summed E-state index contributed by atoms with van der Waals surface area (Å²) in [6, 6.07) is 17.8. The second-order valence-corrected chi connectivity index (χ2v) is 9.42. The van der Waals surface area contributed by atoms with E-state index in [1.54, 1.807) is 30.3 Å². The first kappa shape index (κ1) is 23.9. The average Bonchev–Trinajstić information content (AvgIpc) is 2.79. The summed E-state index contributed by atoms with van der Waals surface area (Å²) in [5, 5.41) is 13.8. The van der Waals surface area contributed by atoms with Crippen LogP contribution in [0.2, 0.25) is 0 Å². The van der Waals surface area contributed by atoms with E-state index < -0.39 is 27.4 Å². The quantitative estimate of drug-likeness (QED) is 0.384. The molecule has 0 bridgehead atoms. The van der Waals surface area contributed by atoms with Gasteiger partial charge in [0.15, 0.2) is 0 Å². The number of nitro benzene ring substituents is 1. The van der Waals surface area contributed by atoms with Crippen molar-refractivity contribution < 1.29 is 18.1 Å². The third-order valence-electron chi connectivity index (χ3n) is 5.31. The molecule has 3 rings (SSSR count). The number of hydrogen-bond acceptors (Lipinski definition) is 5. The molecule has 0 fully saturated rings. The summed E-state index contributed by atoms with van der Waals surface area (Å²) in [7, 11) is -4.06. The van der Waals surface area contributed by atoms with Crippen LogP contribution in [-0.4, -0.2) is 25.8 Å². The zero-order chi connectivity index (χ0) is 24.2. The number of nitrogens with zero attached hydrogens (tertiary/aromatic N) is 2. The second-order valence-electron chi connectivity index (χ2n) is 7.56. The number of carbonyl (C=O) groups excluding carboxylic acids is 1. The van der Waals surface area contributed by atoms with Crippen LogP contribution in [0.25, 0.3) is 0 Å². The van der Waals surface area contributed by atoms with Crippen LogP contribution < -0.4 is 9.62 Å². The van der Waals surface area contributed by atoms with E-state index in [-0.39, 0.29) is 21.8 Å². The summed E-state index contributed by atoms with van der Waals surface area (Å²) in [6.45, 7) is 4.80. The summed E-state index contributed by atoms with van der Waals surface area (Å²) in [6.07, 6.45) is 0.571. The third-order valence-corrected chi connectivity index (χ3v) is 7.09. The molecule has 172 valence electrons. The molecule has 0 saturated heterocycles.